The molecule has 0 spiro atoms. The quantitative estimate of drug-likeness (QED) is 0.368. The monoisotopic (exact) mass is 523 g/mol. The third-order valence-corrected chi connectivity index (χ3v) is 5.21. The number of hydrogen-bond acceptors (Lipinski definition) is 2. The first kappa shape index (κ1) is 18.5. The molecule has 0 aliphatic heterocycles. The van der Waals surface area contributed by atoms with E-state index in [0.717, 1.165) is 36.0 Å². The molecule has 0 fully saturated rings. The van der Waals surface area contributed by atoms with Gasteiger partial charge in [0.15, 0.2) is 0 Å². The van der Waals surface area contributed by atoms with Crippen molar-refractivity contribution in [3.63, 3.8) is 0 Å². The van der Waals surface area contributed by atoms with Gasteiger partial charge in [-0.3, -0.25) is 0 Å². The molecule has 128 valence electrons. The van der Waals surface area contributed by atoms with Gasteiger partial charge in [0.1, 0.15) is 12.4 Å². The Balaban J connectivity index is 1.76. The van der Waals surface area contributed by atoms with Gasteiger partial charge in [-0.2, -0.15) is 0 Å². The average molecular weight is 526 g/mol. The largest absolute Gasteiger partial charge is 0.487 e. The van der Waals surface area contributed by atoms with Crippen molar-refractivity contribution in [2.24, 2.45) is 0 Å². The number of benzene rings is 3. The maximum atomic E-state index is 6.10. The second kappa shape index (κ2) is 8.88. The Bertz CT molecular complexity index is 836. The van der Waals surface area contributed by atoms with E-state index in [4.69, 9.17) is 4.74 Å². The Morgan fingerprint density at radius 1 is 0.800 bits per heavy atom. The minimum Gasteiger partial charge on any atom is -0.487 e. The summed E-state index contributed by atoms with van der Waals surface area (Å²) in [5, 5.41) is 3.44. The summed E-state index contributed by atoms with van der Waals surface area (Å²) in [7, 11) is 0. The van der Waals surface area contributed by atoms with E-state index in [9.17, 15) is 0 Å². The summed E-state index contributed by atoms with van der Waals surface area (Å²) >= 11 is 10.6. The predicted molar refractivity (Wildman–Crippen MR) is 114 cm³/mol. The Kier molecular flexibility index (Phi) is 6.57. The zero-order chi connectivity index (χ0) is 17.6. The van der Waals surface area contributed by atoms with Crippen LogP contribution >= 0.6 is 47.8 Å². The number of hydrogen-bond donors (Lipinski definition) is 1. The van der Waals surface area contributed by atoms with Crippen molar-refractivity contribution >= 4 is 53.5 Å². The molecular formula is C20H16Br3NO. The summed E-state index contributed by atoms with van der Waals surface area (Å²) in [6.07, 6.45) is 0. The first-order valence-electron chi connectivity index (χ1n) is 7.76. The van der Waals surface area contributed by atoms with Crippen LogP contribution in [-0.4, -0.2) is 0 Å². The van der Waals surface area contributed by atoms with Gasteiger partial charge in [0.2, 0.25) is 0 Å². The first-order chi connectivity index (χ1) is 12.1. The molecule has 0 heterocycles. The lowest BCUT2D eigenvalue weighted by molar-refractivity contribution is 0.301. The number of ether oxygens (including phenoxy) is 1. The second-order valence-electron chi connectivity index (χ2n) is 5.51. The third kappa shape index (κ3) is 5.33. The summed E-state index contributed by atoms with van der Waals surface area (Å²) in [5.74, 6) is 0.858. The third-order valence-electron chi connectivity index (χ3n) is 3.64. The number of rotatable bonds is 6. The summed E-state index contributed by atoms with van der Waals surface area (Å²) < 4.78 is 9.11. The van der Waals surface area contributed by atoms with Gasteiger partial charge < -0.3 is 10.1 Å². The Morgan fingerprint density at radius 2 is 1.52 bits per heavy atom. The smallest absolute Gasteiger partial charge is 0.139 e. The Morgan fingerprint density at radius 3 is 2.24 bits per heavy atom. The van der Waals surface area contributed by atoms with Crippen molar-refractivity contribution in [3.05, 3.63) is 91.3 Å². The SMILES string of the molecule is Brc1ccc(NCc2cc(Br)cc(Br)c2OCc2ccccc2)cc1. The topological polar surface area (TPSA) is 21.3 Å². The van der Waals surface area contributed by atoms with E-state index >= 15 is 0 Å². The average Bonchev–Trinajstić information content (AvgIpc) is 2.61. The van der Waals surface area contributed by atoms with Gasteiger partial charge in [-0.25, -0.2) is 0 Å². The van der Waals surface area contributed by atoms with Crippen molar-refractivity contribution in [2.45, 2.75) is 13.2 Å². The van der Waals surface area contributed by atoms with Crippen molar-refractivity contribution in [1.82, 2.24) is 0 Å². The van der Waals surface area contributed by atoms with Crippen LogP contribution in [0.5, 0.6) is 5.75 Å². The van der Waals surface area contributed by atoms with E-state index in [1.165, 1.54) is 0 Å². The molecule has 25 heavy (non-hydrogen) atoms. The molecule has 1 N–H and O–H groups in total. The van der Waals surface area contributed by atoms with E-state index in [0.29, 0.717) is 13.2 Å². The van der Waals surface area contributed by atoms with Crippen molar-refractivity contribution in [1.29, 1.82) is 0 Å². The molecule has 3 aromatic carbocycles. The molecule has 3 rings (SSSR count). The summed E-state index contributed by atoms with van der Waals surface area (Å²) in [6.45, 7) is 1.20. The highest BCUT2D eigenvalue weighted by Gasteiger charge is 2.11. The molecule has 0 aromatic heterocycles. The fraction of sp³-hybridized carbons (Fsp3) is 0.100. The second-order valence-corrected chi connectivity index (χ2v) is 8.20. The molecule has 0 amide bonds. The molecule has 0 aliphatic carbocycles. The van der Waals surface area contributed by atoms with Gasteiger partial charge >= 0.3 is 0 Å². The Labute approximate surface area is 173 Å². The molecule has 0 saturated carbocycles. The molecule has 3 aromatic rings. The van der Waals surface area contributed by atoms with Crippen LogP contribution in [0.25, 0.3) is 0 Å². The van der Waals surface area contributed by atoms with Crippen LogP contribution in [0.4, 0.5) is 5.69 Å². The number of nitrogens with one attached hydrogen (secondary N) is 1. The lowest BCUT2D eigenvalue weighted by Gasteiger charge is -2.15. The molecule has 0 atom stereocenters. The van der Waals surface area contributed by atoms with Crippen molar-refractivity contribution in [3.8, 4) is 5.75 Å². The van der Waals surface area contributed by atoms with E-state index in [2.05, 4.69) is 71.3 Å². The molecular weight excluding hydrogens is 510 g/mol. The molecule has 2 nitrogen and oxygen atoms in total. The van der Waals surface area contributed by atoms with Crippen molar-refractivity contribution < 1.29 is 4.74 Å². The van der Waals surface area contributed by atoms with Crippen LogP contribution in [0.15, 0.2) is 80.1 Å². The van der Waals surface area contributed by atoms with E-state index in [1.807, 2.05) is 48.5 Å². The summed E-state index contributed by atoms with van der Waals surface area (Å²) in [5.41, 5.74) is 3.29. The van der Waals surface area contributed by atoms with Gasteiger partial charge in [0.25, 0.3) is 0 Å². The highest BCUT2D eigenvalue weighted by Crippen LogP contribution is 2.34. The minimum absolute atomic E-state index is 0.534. The van der Waals surface area contributed by atoms with Gasteiger partial charge in [-0.05, 0) is 57.9 Å². The number of halogens is 3. The molecule has 0 unspecified atom stereocenters. The van der Waals surface area contributed by atoms with E-state index in [-0.39, 0.29) is 0 Å². The van der Waals surface area contributed by atoms with Gasteiger partial charge in [0, 0.05) is 26.7 Å². The standard InChI is InChI=1S/C20H16Br3NO/c21-16-6-8-18(9-7-16)24-12-15-10-17(22)11-19(23)20(15)25-13-14-4-2-1-3-5-14/h1-11,24H,12-13H2. The molecule has 0 radical (unpaired) electrons. The fourth-order valence-corrected chi connectivity index (χ4v) is 4.09. The molecule has 5 heteroatoms. The van der Waals surface area contributed by atoms with Crippen LogP contribution < -0.4 is 10.1 Å². The Hall–Kier alpha value is -1.30. The van der Waals surface area contributed by atoms with Crippen LogP contribution in [-0.2, 0) is 13.2 Å². The number of anilines is 1. The molecule has 0 bridgehead atoms. The maximum Gasteiger partial charge on any atom is 0.139 e. The highest BCUT2D eigenvalue weighted by atomic mass is 79.9. The van der Waals surface area contributed by atoms with Crippen LogP contribution in [0, 0.1) is 0 Å². The van der Waals surface area contributed by atoms with Crippen LogP contribution in [0.2, 0.25) is 0 Å². The highest BCUT2D eigenvalue weighted by molar-refractivity contribution is 9.11. The molecule has 0 aliphatic rings. The zero-order valence-corrected chi connectivity index (χ0v) is 18.1. The minimum atomic E-state index is 0.534. The summed E-state index contributed by atoms with van der Waals surface area (Å²) in [6, 6.07) is 22.4. The van der Waals surface area contributed by atoms with E-state index < -0.39 is 0 Å². The normalized spacial score (nSPS) is 10.5. The maximum absolute atomic E-state index is 6.10. The fourth-order valence-electron chi connectivity index (χ4n) is 2.40. The van der Waals surface area contributed by atoms with Crippen LogP contribution in [0.3, 0.4) is 0 Å². The van der Waals surface area contributed by atoms with Crippen molar-refractivity contribution in [2.75, 3.05) is 5.32 Å². The predicted octanol–water partition coefficient (Wildman–Crippen LogP) is 7.17. The van der Waals surface area contributed by atoms with Gasteiger partial charge in [-0.1, -0.05) is 62.2 Å². The van der Waals surface area contributed by atoms with Gasteiger partial charge in [-0.15, -0.1) is 0 Å². The first-order valence-corrected chi connectivity index (χ1v) is 10.1. The summed E-state index contributed by atoms with van der Waals surface area (Å²) in [4.78, 5) is 0. The molecule has 0 saturated heterocycles. The lowest BCUT2D eigenvalue weighted by Crippen LogP contribution is -2.04. The zero-order valence-electron chi connectivity index (χ0n) is 13.3. The van der Waals surface area contributed by atoms with E-state index in [1.54, 1.807) is 0 Å². The lowest BCUT2D eigenvalue weighted by atomic mass is 10.2. The van der Waals surface area contributed by atoms with Gasteiger partial charge in [0.05, 0.1) is 4.47 Å². The van der Waals surface area contributed by atoms with Crippen LogP contribution in [0.1, 0.15) is 11.1 Å².